The molecule has 0 aromatic heterocycles. The Morgan fingerprint density at radius 3 is 2.00 bits per heavy atom. The first kappa shape index (κ1) is 13.5. The molecule has 0 aliphatic rings. The van der Waals surface area contributed by atoms with Crippen molar-refractivity contribution in [3.63, 3.8) is 0 Å². The monoisotopic (exact) mass is 266 g/mol. The third-order valence-corrected chi connectivity index (χ3v) is 7.16. The number of hydrogen-bond acceptors (Lipinski definition) is 1. The first-order chi connectivity index (χ1) is 9.14. The van der Waals surface area contributed by atoms with Crippen LogP contribution in [0.4, 0.5) is 0 Å². The predicted octanol–water partition coefficient (Wildman–Crippen LogP) is 3.14. The van der Waals surface area contributed by atoms with E-state index in [0.717, 1.165) is 5.20 Å². The molecule has 96 valence electrons. The molecule has 0 spiro atoms. The molecule has 0 amide bonds. The first-order valence-electron chi connectivity index (χ1n) is 6.48. The van der Waals surface area contributed by atoms with Gasteiger partial charge in [0.05, 0.1) is 0 Å². The van der Waals surface area contributed by atoms with Gasteiger partial charge in [0.1, 0.15) is 14.0 Å². The molecule has 0 saturated carbocycles. The molecule has 0 aliphatic heterocycles. The van der Waals surface area contributed by atoms with Crippen LogP contribution < -0.4 is 5.19 Å². The van der Waals surface area contributed by atoms with Crippen molar-refractivity contribution in [3.8, 4) is 0 Å². The second kappa shape index (κ2) is 5.83. The van der Waals surface area contributed by atoms with E-state index in [9.17, 15) is 4.79 Å². The quantitative estimate of drug-likeness (QED) is 0.614. The maximum absolute atomic E-state index is 11.4. The summed E-state index contributed by atoms with van der Waals surface area (Å²) in [4.78, 5) is 11.4. The van der Waals surface area contributed by atoms with Crippen LogP contribution in [0.1, 0.15) is 5.56 Å². The van der Waals surface area contributed by atoms with Gasteiger partial charge < -0.3 is 0 Å². The summed E-state index contributed by atoms with van der Waals surface area (Å²) in [5.74, 6) is 2.22. The molecule has 2 rings (SSSR count). The van der Waals surface area contributed by atoms with Crippen molar-refractivity contribution in [2.75, 3.05) is 0 Å². The van der Waals surface area contributed by atoms with Crippen LogP contribution in [0.2, 0.25) is 13.1 Å². The topological polar surface area (TPSA) is 17.1 Å². The molecular formula is C17H18OSi. The van der Waals surface area contributed by atoms with Gasteiger partial charge in [-0.15, -0.1) is 0 Å². The Morgan fingerprint density at radius 1 is 0.947 bits per heavy atom. The summed E-state index contributed by atoms with van der Waals surface area (Å²) in [7, 11) is -1.90. The van der Waals surface area contributed by atoms with Gasteiger partial charge in [-0.3, -0.25) is 0 Å². The summed E-state index contributed by atoms with van der Waals surface area (Å²) in [6.45, 7) is 4.43. The van der Waals surface area contributed by atoms with Crippen LogP contribution in [0.25, 0.3) is 0 Å². The highest BCUT2D eigenvalue weighted by Gasteiger charge is 2.29. The summed E-state index contributed by atoms with van der Waals surface area (Å²) in [5, 5.41) is 2.20. The van der Waals surface area contributed by atoms with Crippen LogP contribution in [0.5, 0.6) is 0 Å². The van der Waals surface area contributed by atoms with E-state index in [-0.39, 0.29) is 0 Å². The van der Waals surface area contributed by atoms with Crippen molar-refractivity contribution in [1.82, 2.24) is 0 Å². The second-order valence-electron chi connectivity index (χ2n) is 5.23. The molecule has 0 unspecified atom stereocenters. The van der Waals surface area contributed by atoms with E-state index in [4.69, 9.17) is 0 Å². The van der Waals surface area contributed by atoms with Crippen molar-refractivity contribution in [2.45, 2.75) is 19.5 Å². The van der Waals surface area contributed by atoms with E-state index < -0.39 is 8.07 Å². The summed E-state index contributed by atoms with van der Waals surface area (Å²) in [6.07, 6.45) is 0.707. The maximum atomic E-state index is 11.4. The molecule has 2 aromatic carbocycles. The lowest BCUT2D eigenvalue weighted by Crippen LogP contribution is -2.44. The van der Waals surface area contributed by atoms with E-state index >= 15 is 0 Å². The van der Waals surface area contributed by atoms with Gasteiger partial charge in [-0.2, -0.15) is 0 Å². The molecule has 0 aliphatic carbocycles. The fraction of sp³-hybridized carbons (Fsp3) is 0.176. The van der Waals surface area contributed by atoms with Crippen LogP contribution in [0, 0.1) is 0 Å². The highest BCUT2D eigenvalue weighted by atomic mass is 28.3. The molecule has 2 heteroatoms. The van der Waals surface area contributed by atoms with E-state index in [1.165, 1.54) is 10.8 Å². The van der Waals surface area contributed by atoms with Crippen molar-refractivity contribution >= 4 is 19.2 Å². The average Bonchev–Trinajstić information content (AvgIpc) is 2.46. The fourth-order valence-corrected chi connectivity index (χ4v) is 4.49. The van der Waals surface area contributed by atoms with Crippen LogP contribution in [-0.2, 0) is 11.2 Å². The normalized spacial score (nSPS) is 10.8. The Kier molecular flexibility index (Phi) is 4.15. The van der Waals surface area contributed by atoms with Gasteiger partial charge in [0.2, 0.25) is 0 Å². The molecule has 0 atom stereocenters. The Balaban J connectivity index is 2.30. The number of rotatable bonds is 4. The van der Waals surface area contributed by atoms with Gasteiger partial charge in [-0.05, 0) is 5.56 Å². The second-order valence-corrected chi connectivity index (χ2v) is 9.66. The molecule has 2 aromatic rings. The molecule has 0 bridgehead atoms. The van der Waals surface area contributed by atoms with Gasteiger partial charge in [0, 0.05) is 11.6 Å². The van der Waals surface area contributed by atoms with Gasteiger partial charge >= 0.3 is 0 Å². The standard InChI is InChI=1S/C17H18OSi/c1-19(2,16-11-7-4-8-12-16)17(14-18)13-15-9-5-3-6-10-15/h3-12H,13H2,1-2H3. The Bertz CT molecular complexity index is 581. The van der Waals surface area contributed by atoms with E-state index in [0.29, 0.717) is 6.42 Å². The van der Waals surface area contributed by atoms with Crippen molar-refractivity contribution in [1.29, 1.82) is 0 Å². The van der Waals surface area contributed by atoms with Crippen LogP contribution in [-0.4, -0.2) is 14.0 Å². The zero-order valence-corrected chi connectivity index (χ0v) is 12.4. The number of hydrogen-bond donors (Lipinski definition) is 0. The SMILES string of the molecule is C[Si](C)(C(=C=O)Cc1ccccc1)c1ccccc1. The summed E-state index contributed by atoms with van der Waals surface area (Å²) < 4.78 is 0. The van der Waals surface area contributed by atoms with E-state index in [1.807, 2.05) is 36.4 Å². The zero-order chi connectivity index (χ0) is 13.7. The molecule has 0 saturated heterocycles. The molecule has 0 heterocycles. The Labute approximate surface area is 115 Å². The van der Waals surface area contributed by atoms with Crippen molar-refractivity contribution in [3.05, 3.63) is 71.4 Å². The minimum Gasteiger partial charge on any atom is -0.234 e. The van der Waals surface area contributed by atoms with Gasteiger partial charge in [-0.1, -0.05) is 78.9 Å². The molecule has 0 radical (unpaired) electrons. The zero-order valence-electron chi connectivity index (χ0n) is 11.4. The predicted molar refractivity (Wildman–Crippen MR) is 82.9 cm³/mol. The summed E-state index contributed by atoms with van der Waals surface area (Å²) >= 11 is 0. The van der Waals surface area contributed by atoms with Crippen LogP contribution in [0.15, 0.2) is 65.9 Å². The lowest BCUT2D eigenvalue weighted by atomic mass is 10.1. The molecule has 0 fully saturated rings. The lowest BCUT2D eigenvalue weighted by molar-refractivity contribution is 0.567. The minimum atomic E-state index is -1.90. The smallest absolute Gasteiger partial charge is 0.121 e. The first-order valence-corrected chi connectivity index (χ1v) is 9.48. The Hall–Kier alpha value is -1.89. The lowest BCUT2D eigenvalue weighted by Gasteiger charge is -2.24. The third kappa shape index (κ3) is 3.11. The summed E-state index contributed by atoms with van der Waals surface area (Å²) in [5.41, 5.74) is 1.18. The molecule has 1 nitrogen and oxygen atoms in total. The van der Waals surface area contributed by atoms with Crippen LogP contribution in [0.3, 0.4) is 0 Å². The number of benzene rings is 2. The van der Waals surface area contributed by atoms with Crippen molar-refractivity contribution < 1.29 is 4.79 Å². The van der Waals surface area contributed by atoms with E-state index in [2.05, 4.69) is 43.3 Å². The molecular weight excluding hydrogens is 248 g/mol. The molecule has 19 heavy (non-hydrogen) atoms. The molecule has 0 N–H and O–H groups in total. The maximum Gasteiger partial charge on any atom is 0.121 e. The third-order valence-electron chi connectivity index (χ3n) is 3.60. The number of carbonyl (C=O) groups excluding carboxylic acids is 1. The number of allylic oxidation sites excluding steroid dienone is 1. The van der Waals surface area contributed by atoms with E-state index in [1.54, 1.807) is 0 Å². The van der Waals surface area contributed by atoms with Gasteiger partial charge in [0.25, 0.3) is 0 Å². The highest BCUT2D eigenvalue weighted by Crippen LogP contribution is 2.17. The van der Waals surface area contributed by atoms with Gasteiger partial charge in [0.15, 0.2) is 0 Å². The minimum absolute atomic E-state index is 0.707. The average molecular weight is 266 g/mol. The summed E-state index contributed by atoms with van der Waals surface area (Å²) in [6, 6.07) is 20.5. The largest absolute Gasteiger partial charge is 0.234 e. The highest BCUT2D eigenvalue weighted by molar-refractivity contribution is 6.96. The Morgan fingerprint density at radius 2 is 1.47 bits per heavy atom. The van der Waals surface area contributed by atoms with Gasteiger partial charge in [-0.25, -0.2) is 4.79 Å². The van der Waals surface area contributed by atoms with Crippen molar-refractivity contribution in [2.24, 2.45) is 0 Å². The van der Waals surface area contributed by atoms with Crippen LogP contribution >= 0.6 is 0 Å². The fourth-order valence-electron chi connectivity index (χ4n) is 2.21.